The van der Waals surface area contributed by atoms with Crippen molar-refractivity contribution in [1.82, 2.24) is 25.4 Å². The van der Waals surface area contributed by atoms with E-state index in [9.17, 15) is 9.59 Å². The lowest BCUT2D eigenvalue weighted by Crippen LogP contribution is -2.36. The highest BCUT2D eigenvalue weighted by molar-refractivity contribution is 5.98. The number of pyridine rings is 1. The van der Waals surface area contributed by atoms with E-state index in [1.165, 1.54) is 0 Å². The molecule has 2 aromatic carbocycles. The molecule has 1 aromatic heterocycles. The molecule has 1 heterocycles. The van der Waals surface area contributed by atoms with Crippen LogP contribution in [-0.2, 0) is 0 Å². The van der Waals surface area contributed by atoms with Crippen LogP contribution in [0.25, 0.3) is 21.8 Å². The zero-order chi connectivity index (χ0) is 25.9. The highest BCUT2D eigenvalue weighted by atomic mass is 35.5. The van der Waals surface area contributed by atoms with Crippen LogP contribution in [0.1, 0.15) is 27.7 Å². The standard InChI is InChI=1S/C27H39N7O2.3ClH/c1-5-33(6-2)15-13-28-26(35)30-22-11-9-20-17-21-10-12-23(19-25(21)32-24(20)18-22)31-27(36)29-14-16-34(7-3)8-4;;;/h9-12,17-19H,5-8,13-16H2,1-4H3,(H2,28,30,35)(H2,29,31,36);3*1H. The van der Waals surface area contributed by atoms with Crippen molar-refractivity contribution in [2.24, 2.45) is 0 Å². The van der Waals surface area contributed by atoms with Crippen molar-refractivity contribution < 1.29 is 9.59 Å². The second-order valence-corrected chi connectivity index (χ2v) is 8.62. The third kappa shape index (κ3) is 11.2. The van der Waals surface area contributed by atoms with Gasteiger partial charge in [-0.15, -0.1) is 37.2 Å². The molecule has 0 saturated heterocycles. The van der Waals surface area contributed by atoms with Crippen LogP contribution in [0.15, 0.2) is 42.5 Å². The van der Waals surface area contributed by atoms with Crippen LogP contribution in [0.2, 0.25) is 0 Å². The number of hydrogen-bond acceptors (Lipinski definition) is 5. The number of benzene rings is 2. The second-order valence-electron chi connectivity index (χ2n) is 8.62. The Balaban J connectivity index is 0.00000481. The number of anilines is 2. The van der Waals surface area contributed by atoms with E-state index in [4.69, 9.17) is 4.98 Å². The van der Waals surface area contributed by atoms with Crippen molar-refractivity contribution in [2.45, 2.75) is 27.7 Å². The zero-order valence-electron chi connectivity index (χ0n) is 23.1. The Morgan fingerprint density at radius 1 is 0.641 bits per heavy atom. The third-order valence-electron chi connectivity index (χ3n) is 6.34. The SMILES string of the molecule is CCN(CC)CCNC(=O)Nc1ccc2cc3ccc(NC(=O)NCCN(CC)CC)cc3nc2c1.Cl.Cl.Cl. The van der Waals surface area contributed by atoms with Crippen LogP contribution < -0.4 is 21.3 Å². The Kier molecular flexibility index (Phi) is 17.5. The molecule has 0 saturated carbocycles. The van der Waals surface area contributed by atoms with Gasteiger partial charge in [-0.05, 0) is 56.5 Å². The topological polar surface area (TPSA) is 102 Å². The first kappa shape index (κ1) is 36.4. The van der Waals surface area contributed by atoms with Gasteiger partial charge in [0.1, 0.15) is 0 Å². The monoisotopic (exact) mass is 601 g/mol. The molecule has 12 heteroatoms. The third-order valence-corrected chi connectivity index (χ3v) is 6.34. The number of fused-ring (bicyclic) bond motifs is 2. The number of aromatic nitrogens is 1. The smallest absolute Gasteiger partial charge is 0.319 e. The first-order valence-corrected chi connectivity index (χ1v) is 12.8. The lowest BCUT2D eigenvalue weighted by Gasteiger charge is -2.18. The Morgan fingerprint density at radius 3 is 1.38 bits per heavy atom. The molecule has 9 nitrogen and oxygen atoms in total. The molecule has 0 fully saturated rings. The van der Waals surface area contributed by atoms with Crippen LogP contribution in [-0.4, -0.2) is 79.2 Å². The fourth-order valence-electron chi connectivity index (χ4n) is 4.06. The van der Waals surface area contributed by atoms with Crippen molar-refractivity contribution in [3.05, 3.63) is 42.5 Å². The largest absolute Gasteiger partial charge is 0.337 e. The average Bonchev–Trinajstić information content (AvgIpc) is 2.88. The predicted octanol–water partition coefficient (Wildman–Crippen LogP) is 5.58. The highest BCUT2D eigenvalue weighted by Crippen LogP contribution is 2.24. The van der Waals surface area contributed by atoms with E-state index in [0.29, 0.717) is 24.5 Å². The Labute approximate surface area is 250 Å². The summed E-state index contributed by atoms with van der Waals surface area (Å²) in [6.07, 6.45) is 0. The van der Waals surface area contributed by atoms with Crippen molar-refractivity contribution in [3.8, 4) is 0 Å². The number of likely N-dealkylation sites (N-methyl/N-ethyl adjacent to an activating group) is 2. The number of hydrogen-bond donors (Lipinski definition) is 4. The summed E-state index contributed by atoms with van der Waals surface area (Å²) in [5.74, 6) is 0. The van der Waals surface area contributed by atoms with Crippen molar-refractivity contribution in [2.75, 3.05) is 63.0 Å². The molecule has 0 aliphatic heterocycles. The second kappa shape index (κ2) is 18.7. The summed E-state index contributed by atoms with van der Waals surface area (Å²) in [6.45, 7) is 15.1. The van der Waals surface area contributed by atoms with E-state index in [2.05, 4.69) is 64.8 Å². The van der Waals surface area contributed by atoms with Gasteiger partial charge >= 0.3 is 12.1 Å². The number of amides is 4. The van der Waals surface area contributed by atoms with Crippen LogP contribution in [0.3, 0.4) is 0 Å². The molecule has 3 aromatic rings. The highest BCUT2D eigenvalue weighted by Gasteiger charge is 2.08. The van der Waals surface area contributed by atoms with Gasteiger partial charge in [0.25, 0.3) is 0 Å². The lowest BCUT2D eigenvalue weighted by molar-refractivity contribution is 0.247. The normalized spacial score (nSPS) is 10.4. The van der Waals surface area contributed by atoms with Crippen LogP contribution >= 0.6 is 37.2 Å². The summed E-state index contributed by atoms with van der Waals surface area (Å²) >= 11 is 0. The van der Waals surface area contributed by atoms with Gasteiger partial charge in [0.15, 0.2) is 0 Å². The molecular formula is C27H42Cl3N7O2. The van der Waals surface area contributed by atoms with Gasteiger partial charge < -0.3 is 31.1 Å². The predicted molar refractivity (Wildman–Crippen MR) is 171 cm³/mol. The van der Waals surface area contributed by atoms with Gasteiger partial charge in [0, 0.05) is 48.3 Å². The molecule has 0 radical (unpaired) electrons. The number of halogens is 3. The maximum Gasteiger partial charge on any atom is 0.319 e. The molecule has 0 aliphatic carbocycles. The maximum atomic E-state index is 12.3. The lowest BCUT2D eigenvalue weighted by atomic mass is 10.1. The fraction of sp³-hybridized carbons (Fsp3) is 0.444. The first-order valence-electron chi connectivity index (χ1n) is 12.8. The summed E-state index contributed by atoms with van der Waals surface area (Å²) in [4.78, 5) is 33.9. The Morgan fingerprint density at radius 2 is 1.03 bits per heavy atom. The number of carbonyl (C=O) groups excluding carboxylic acids is 2. The van der Waals surface area contributed by atoms with Crippen LogP contribution in [0.4, 0.5) is 21.0 Å². The molecule has 39 heavy (non-hydrogen) atoms. The van der Waals surface area contributed by atoms with E-state index in [-0.39, 0.29) is 49.3 Å². The van der Waals surface area contributed by atoms with E-state index in [1.807, 2.05) is 36.4 Å². The average molecular weight is 603 g/mol. The van der Waals surface area contributed by atoms with Crippen LogP contribution in [0, 0.1) is 0 Å². The number of carbonyl (C=O) groups is 2. The summed E-state index contributed by atoms with van der Waals surface area (Å²) in [6, 6.07) is 12.9. The molecule has 0 spiro atoms. The van der Waals surface area contributed by atoms with Gasteiger partial charge in [-0.3, -0.25) is 0 Å². The van der Waals surface area contributed by atoms with Gasteiger partial charge in [0.2, 0.25) is 0 Å². The number of nitrogens with one attached hydrogen (secondary N) is 4. The molecule has 0 unspecified atom stereocenters. The molecule has 4 N–H and O–H groups in total. The van der Waals surface area contributed by atoms with Crippen molar-refractivity contribution in [1.29, 1.82) is 0 Å². The molecule has 0 atom stereocenters. The molecule has 218 valence electrons. The molecule has 4 amide bonds. The van der Waals surface area contributed by atoms with E-state index in [1.54, 1.807) is 0 Å². The van der Waals surface area contributed by atoms with Gasteiger partial charge in [0.05, 0.1) is 11.0 Å². The minimum atomic E-state index is -0.235. The van der Waals surface area contributed by atoms with Crippen molar-refractivity contribution >= 4 is 82.5 Å². The molecule has 0 aliphatic rings. The first-order chi connectivity index (χ1) is 17.4. The van der Waals surface area contributed by atoms with Gasteiger partial charge in [-0.1, -0.05) is 39.8 Å². The Bertz CT molecular complexity index is 1090. The van der Waals surface area contributed by atoms with E-state index < -0.39 is 0 Å². The van der Waals surface area contributed by atoms with E-state index in [0.717, 1.165) is 61.1 Å². The summed E-state index contributed by atoms with van der Waals surface area (Å²) < 4.78 is 0. The maximum absolute atomic E-state index is 12.3. The molecular weight excluding hydrogens is 561 g/mol. The van der Waals surface area contributed by atoms with Crippen LogP contribution in [0.5, 0.6) is 0 Å². The molecule has 3 rings (SSSR count). The fourth-order valence-corrected chi connectivity index (χ4v) is 4.06. The minimum Gasteiger partial charge on any atom is -0.337 e. The number of nitrogens with zero attached hydrogens (tertiary/aromatic N) is 3. The van der Waals surface area contributed by atoms with Crippen molar-refractivity contribution in [3.63, 3.8) is 0 Å². The van der Waals surface area contributed by atoms with Gasteiger partial charge in [-0.25, -0.2) is 14.6 Å². The van der Waals surface area contributed by atoms with Gasteiger partial charge in [-0.2, -0.15) is 0 Å². The summed E-state index contributed by atoms with van der Waals surface area (Å²) in [5, 5.41) is 13.5. The summed E-state index contributed by atoms with van der Waals surface area (Å²) in [7, 11) is 0. The van der Waals surface area contributed by atoms with E-state index >= 15 is 0 Å². The molecule has 0 bridgehead atoms. The summed E-state index contributed by atoms with van der Waals surface area (Å²) in [5.41, 5.74) is 2.89. The zero-order valence-corrected chi connectivity index (χ0v) is 25.5. The Hall–Kier alpha value is -2.56. The quantitative estimate of drug-likeness (QED) is 0.203. The number of rotatable bonds is 12. The minimum absolute atomic E-state index is 0. The number of urea groups is 2.